The van der Waals surface area contributed by atoms with Gasteiger partial charge in [-0.25, -0.2) is 4.98 Å². The lowest BCUT2D eigenvalue weighted by Crippen LogP contribution is -2.10. The molecule has 4 rings (SSSR count). The normalized spacial score (nSPS) is 26.0. The molecule has 2 saturated carbocycles. The first kappa shape index (κ1) is 8.05. The Labute approximate surface area is 90.2 Å². The smallest absolute Gasteiger partial charge is 0.259 e. The molecular formula is C11H10N2OS. The van der Waals surface area contributed by atoms with E-state index in [4.69, 9.17) is 0 Å². The number of fused-ring (bicyclic) bond motifs is 1. The quantitative estimate of drug-likeness (QED) is 0.798. The van der Waals surface area contributed by atoms with Crippen LogP contribution in [-0.2, 0) is 0 Å². The van der Waals surface area contributed by atoms with Crippen LogP contribution in [0.25, 0.3) is 10.2 Å². The minimum Gasteiger partial charge on any atom is -0.310 e. The van der Waals surface area contributed by atoms with Crippen molar-refractivity contribution >= 4 is 21.6 Å². The lowest BCUT2D eigenvalue weighted by molar-refractivity contribution is 0.794. The molecule has 2 heterocycles. The highest BCUT2D eigenvalue weighted by Crippen LogP contribution is 2.74. The topological polar surface area (TPSA) is 45.8 Å². The molecule has 15 heavy (non-hydrogen) atoms. The van der Waals surface area contributed by atoms with Crippen molar-refractivity contribution in [1.29, 1.82) is 0 Å². The van der Waals surface area contributed by atoms with Crippen molar-refractivity contribution in [3.8, 4) is 0 Å². The summed E-state index contributed by atoms with van der Waals surface area (Å²) >= 11 is 1.55. The van der Waals surface area contributed by atoms with Crippen molar-refractivity contribution in [2.45, 2.75) is 25.2 Å². The van der Waals surface area contributed by atoms with Crippen molar-refractivity contribution in [1.82, 2.24) is 9.97 Å². The third-order valence-electron chi connectivity index (χ3n) is 3.77. The summed E-state index contributed by atoms with van der Waals surface area (Å²) in [6.45, 7) is 0. The first-order chi connectivity index (χ1) is 7.28. The molecule has 0 aromatic carbocycles. The Morgan fingerprint density at radius 1 is 1.53 bits per heavy atom. The summed E-state index contributed by atoms with van der Waals surface area (Å²) in [5.74, 6) is 1.46. The summed E-state index contributed by atoms with van der Waals surface area (Å²) in [7, 11) is 0. The Balaban J connectivity index is 1.92. The highest BCUT2D eigenvalue weighted by atomic mass is 32.1. The number of H-pyrrole nitrogens is 1. The number of thiophene rings is 1. The van der Waals surface area contributed by atoms with E-state index in [1.807, 2.05) is 11.4 Å². The second kappa shape index (κ2) is 2.32. The van der Waals surface area contributed by atoms with Gasteiger partial charge in [0.15, 0.2) is 0 Å². The van der Waals surface area contributed by atoms with Gasteiger partial charge in [0.05, 0.1) is 5.39 Å². The molecule has 76 valence electrons. The zero-order valence-corrected chi connectivity index (χ0v) is 8.93. The van der Waals surface area contributed by atoms with E-state index in [0.717, 1.165) is 16.0 Å². The fourth-order valence-corrected chi connectivity index (χ4v) is 3.27. The van der Waals surface area contributed by atoms with Crippen molar-refractivity contribution < 1.29 is 0 Å². The van der Waals surface area contributed by atoms with Crippen LogP contribution in [0, 0.1) is 5.41 Å². The first-order valence-corrected chi connectivity index (χ1v) is 6.14. The molecule has 2 aliphatic rings. The van der Waals surface area contributed by atoms with Gasteiger partial charge >= 0.3 is 0 Å². The molecule has 1 unspecified atom stereocenters. The maximum Gasteiger partial charge on any atom is 0.259 e. The van der Waals surface area contributed by atoms with Crippen LogP contribution in [0.2, 0.25) is 0 Å². The maximum absolute atomic E-state index is 11.7. The summed E-state index contributed by atoms with van der Waals surface area (Å²) in [6, 6.07) is 1.84. The number of rotatable bonds is 1. The molecule has 2 aromatic heterocycles. The van der Waals surface area contributed by atoms with Crippen molar-refractivity contribution in [2.24, 2.45) is 5.41 Å². The average molecular weight is 218 g/mol. The van der Waals surface area contributed by atoms with E-state index in [1.54, 1.807) is 11.3 Å². The molecule has 1 N–H and O–H groups in total. The number of hydrogen-bond acceptors (Lipinski definition) is 3. The molecule has 1 atom stereocenters. The fraction of sp³-hybridized carbons (Fsp3) is 0.455. The summed E-state index contributed by atoms with van der Waals surface area (Å²) in [4.78, 5) is 20.1. The zero-order chi connectivity index (χ0) is 10.0. The van der Waals surface area contributed by atoms with E-state index in [1.165, 1.54) is 19.3 Å². The van der Waals surface area contributed by atoms with Gasteiger partial charge in [-0.2, -0.15) is 0 Å². The van der Waals surface area contributed by atoms with Gasteiger partial charge in [-0.05, 0) is 36.1 Å². The fourth-order valence-electron chi connectivity index (χ4n) is 2.49. The van der Waals surface area contributed by atoms with Crippen LogP contribution in [0.5, 0.6) is 0 Å². The summed E-state index contributed by atoms with van der Waals surface area (Å²) < 4.78 is 0. The molecule has 0 aliphatic heterocycles. The largest absolute Gasteiger partial charge is 0.310 e. The molecule has 0 bridgehead atoms. The second-order valence-corrected chi connectivity index (χ2v) is 5.60. The van der Waals surface area contributed by atoms with Crippen molar-refractivity contribution in [2.75, 3.05) is 0 Å². The van der Waals surface area contributed by atoms with E-state index >= 15 is 0 Å². The predicted octanol–water partition coefficient (Wildman–Crippen LogP) is 2.25. The standard InChI is InChI=1S/C11H10N2OS/c14-9-6-1-4-15-10(6)13-8(12-9)7-5-11(7)2-3-11/h1,4,7H,2-3,5H2,(H,12,13,14). The molecule has 3 nitrogen and oxygen atoms in total. The number of nitrogens with zero attached hydrogens (tertiary/aromatic N) is 1. The van der Waals surface area contributed by atoms with Crippen LogP contribution in [-0.4, -0.2) is 9.97 Å². The molecule has 4 heteroatoms. The highest BCUT2D eigenvalue weighted by Gasteiger charge is 2.64. The van der Waals surface area contributed by atoms with Gasteiger partial charge in [0, 0.05) is 5.92 Å². The third kappa shape index (κ3) is 1.00. The van der Waals surface area contributed by atoms with Crippen molar-refractivity contribution in [3.05, 3.63) is 27.6 Å². The summed E-state index contributed by atoms with van der Waals surface area (Å²) in [6.07, 6.45) is 3.88. The van der Waals surface area contributed by atoms with E-state index in [2.05, 4.69) is 9.97 Å². The lowest BCUT2D eigenvalue weighted by atomic mass is 10.3. The zero-order valence-electron chi connectivity index (χ0n) is 8.12. The van der Waals surface area contributed by atoms with Crippen LogP contribution in [0.1, 0.15) is 31.0 Å². The first-order valence-electron chi connectivity index (χ1n) is 5.26. The Bertz CT molecular complexity index is 608. The van der Waals surface area contributed by atoms with Gasteiger partial charge in [0.25, 0.3) is 5.56 Å². The molecule has 0 saturated heterocycles. The van der Waals surface area contributed by atoms with Crippen molar-refractivity contribution in [3.63, 3.8) is 0 Å². The molecular weight excluding hydrogens is 208 g/mol. The molecule has 0 radical (unpaired) electrons. The van der Waals surface area contributed by atoms with Crippen LogP contribution >= 0.6 is 11.3 Å². The summed E-state index contributed by atoms with van der Waals surface area (Å²) in [5.41, 5.74) is 0.583. The van der Waals surface area contributed by atoms with Gasteiger partial charge in [-0.1, -0.05) is 0 Å². The van der Waals surface area contributed by atoms with E-state index in [0.29, 0.717) is 11.3 Å². The van der Waals surface area contributed by atoms with Gasteiger partial charge < -0.3 is 4.98 Å². The predicted molar refractivity (Wildman–Crippen MR) is 59.3 cm³/mol. The molecule has 2 fully saturated rings. The number of aromatic nitrogens is 2. The van der Waals surface area contributed by atoms with E-state index in [9.17, 15) is 4.79 Å². The van der Waals surface area contributed by atoms with Crippen LogP contribution in [0.4, 0.5) is 0 Å². The highest BCUT2D eigenvalue weighted by molar-refractivity contribution is 7.16. The van der Waals surface area contributed by atoms with Gasteiger partial charge in [-0.15, -0.1) is 11.3 Å². The van der Waals surface area contributed by atoms with Gasteiger partial charge in [0.2, 0.25) is 0 Å². The molecule has 0 amide bonds. The second-order valence-electron chi connectivity index (χ2n) is 4.71. The SMILES string of the molecule is O=c1[nH]c(C2CC23CC3)nc2sccc12. The lowest BCUT2D eigenvalue weighted by Gasteiger charge is -1.97. The molecule has 1 spiro atoms. The average Bonchev–Trinajstić information content (AvgIpc) is 3.10. The minimum atomic E-state index is 0.0268. The Hall–Kier alpha value is -1.16. The van der Waals surface area contributed by atoms with Gasteiger partial charge in [0.1, 0.15) is 10.7 Å². The minimum absolute atomic E-state index is 0.0268. The Kier molecular flexibility index (Phi) is 1.25. The Morgan fingerprint density at radius 3 is 3.13 bits per heavy atom. The summed E-state index contributed by atoms with van der Waals surface area (Å²) in [5, 5.41) is 2.66. The van der Waals surface area contributed by atoms with Gasteiger partial charge in [-0.3, -0.25) is 4.79 Å². The molecule has 2 aromatic rings. The number of aromatic amines is 1. The Morgan fingerprint density at radius 2 is 2.40 bits per heavy atom. The third-order valence-corrected chi connectivity index (χ3v) is 4.57. The van der Waals surface area contributed by atoms with Crippen LogP contribution in [0.3, 0.4) is 0 Å². The monoisotopic (exact) mass is 218 g/mol. The number of nitrogens with one attached hydrogen (secondary N) is 1. The van der Waals surface area contributed by atoms with E-state index in [-0.39, 0.29) is 5.56 Å². The number of hydrogen-bond donors (Lipinski definition) is 1. The van der Waals surface area contributed by atoms with Crippen LogP contribution < -0.4 is 5.56 Å². The van der Waals surface area contributed by atoms with E-state index < -0.39 is 0 Å². The molecule has 2 aliphatic carbocycles. The maximum atomic E-state index is 11.7. The van der Waals surface area contributed by atoms with Crippen LogP contribution in [0.15, 0.2) is 16.2 Å².